The molecule has 3 aromatic carbocycles. The summed E-state index contributed by atoms with van der Waals surface area (Å²) < 4.78 is 6.55. The van der Waals surface area contributed by atoms with E-state index in [1.54, 1.807) is 43.5 Å². The van der Waals surface area contributed by atoms with Gasteiger partial charge in [0.1, 0.15) is 11.3 Å². The number of carbonyl (C=O) groups is 2. The van der Waals surface area contributed by atoms with Crippen LogP contribution < -0.4 is 15.0 Å². The maximum absolute atomic E-state index is 13.2. The third kappa shape index (κ3) is 4.85. The van der Waals surface area contributed by atoms with Crippen molar-refractivity contribution < 1.29 is 14.3 Å². The number of carbonyl (C=O) groups excluding carboxylic acids is 2. The zero-order valence-electron chi connectivity index (χ0n) is 17.5. The van der Waals surface area contributed by atoms with Crippen LogP contribution in [0, 0.1) is 0 Å². The van der Waals surface area contributed by atoms with Crippen molar-refractivity contribution in [2.45, 2.75) is 6.42 Å². The van der Waals surface area contributed by atoms with Crippen LogP contribution in [0.3, 0.4) is 0 Å². The first-order valence-electron chi connectivity index (χ1n) is 9.95. The number of anilines is 1. The van der Waals surface area contributed by atoms with Crippen molar-refractivity contribution in [3.8, 4) is 5.75 Å². The minimum atomic E-state index is -0.565. The highest BCUT2D eigenvalue weighted by molar-refractivity contribution is 9.10. The Hall–Kier alpha value is -3.00. The van der Waals surface area contributed by atoms with Crippen LogP contribution in [0.5, 0.6) is 5.75 Å². The van der Waals surface area contributed by atoms with Crippen molar-refractivity contribution in [2.75, 3.05) is 12.0 Å². The number of hydrogen-bond donors (Lipinski definition) is 1. The standard InChI is InChI=1S/C25H18BrClN2O3S/c1-32-22-13-15(12-21(27)18(22)14-16-7-5-6-10-20(16)26)11-19-23(30)28-25(33)29(24(19)31)17-8-3-2-4-9-17/h2-13H,14H2,1H3,(H,28,30,33)/b19-11-. The fourth-order valence-corrected chi connectivity index (χ4v) is 4.53. The molecule has 1 aliphatic rings. The fourth-order valence-electron chi connectivity index (χ4n) is 3.54. The number of ether oxygens (including phenoxy) is 1. The Balaban J connectivity index is 1.71. The fraction of sp³-hybridized carbons (Fsp3) is 0.0800. The van der Waals surface area contributed by atoms with Gasteiger partial charge in [0.25, 0.3) is 11.8 Å². The Morgan fingerprint density at radius 2 is 1.79 bits per heavy atom. The lowest BCUT2D eigenvalue weighted by molar-refractivity contribution is -0.122. The van der Waals surface area contributed by atoms with E-state index in [1.165, 1.54) is 11.0 Å². The maximum atomic E-state index is 13.2. The molecule has 0 aliphatic carbocycles. The molecule has 8 heteroatoms. The number of methoxy groups -OCH3 is 1. The Morgan fingerprint density at radius 3 is 2.48 bits per heavy atom. The Morgan fingerprint density at radius 1 is 1.09 bits per heavy atom. The molecule has 4 rings (SSSR count). The Kier molecular flexibility index (Phi) is 6.93. The maximum Gasteiger partial charge on any atom is 0.270 e. The zero-order valence-corrected chi connectivity index (χ0v) is 20.6. The molecule has 1 N–H and O–H groups in total. The summed E-state index contributed by atoms with van der Waals surface area (Å²) in [4.78, 5) is 27.1. The molecule has 1 saturated heterocycles. The Bertz CT molecular complexity index is 1290. The molecule has 0 bridgehead atoms. The van der Waals surface area contributed by atoms with Crippen LogP contribution in [0.25, 0.3) is 6.08 Å². The normalized spacial score (nSPS) is 15.1. The van der Waals surface area contributed by atoms with Crippen LogP contribution in [0.2, 0.25) is 5.02 Å². The second kappa shape index (κ2) is 9.87. The van der Waals surface area contributed by atoms with Crippen LogP contribution in [0.4, 0.5) is 5.69 Å². The minimum absolute atomic E-state index is 0.0350. The predicted molar refractivity (Wildman–Crippen MR) is 138 cm³/mol. The van der Waals surface area contributed by atoms with Crippen molar-refractivity contribution in [3.63, 3.8) is 0 Å². The number of para-hydroxylation sites is 1. The van der Waals surface area contributed by atoms with Gasteiger partial charge < -0.3 is 4.74 Å². The molecule has 0 aromatic heterocycles. The summed E-state index contributed by atoms with van der Waals surface area (Å²) >= 11 is 15.4. The molecule has 0 unspecified atom stereocenters. The van der Waals surface area contributed by atoms with Crippen LogP contribution in [0.15, 0.2) is 76.8 Å². The molecule has 0 atom stereocenters. The van der Waals surface area contributed by atoms with Crippen molar-refractivity contribution in [2.24, 2.45) is 0 Å². The van der Waals surface area contributed by atoms with E-state index in [4.69, 9.17) is 28.6 Å². The van der Waals surface area contributed by atoms with Gasteiger partial charge in [0, 0.05) is 21.5 Å². The summed E-state index contributed by atoms with van der Waals surface area (Å²) in [5.41, 5.74) is 2.94. The lowest BCUT2D eigenvalue weighted by Gasteiger charge is -2.28. The van der Waals surface area contributed by atoms with Gasteiger partial charge in [-0.3, -0.25) is 19.8 Å². The van der Waals surface area contributed by atoms with Gasteiger partial charge in [0.05, 0.1) is 12.8 Å². The molecule has 3 aromatic rings. The van der Waals surface area contributed by atoms with E-state index in [-0.39, 0.29) is 10.7 Å². The van der Waals surface area contributed by atoms with E-state index in [0.717, 1.165) is 15.6 Å². The topological polar surface area (TPSA) is 58.6 Å². The van der Waals surface area contributed by atoms with Gasteiger partial charge >= 0.3 is 0 Å². The van der Waals surface area contributed by atoms with E-state index < -0.39 is 11.8 Å². The first-order valence-corrected chi connectivity index (χ1v) is 11.5. The molecule has 1 heterocycles. The highest BCUT2D eigenvalue weighted by Gasteiger charge is 2.34. The molecular formula is C25H18BrClN2O3S. The third-order valence-electron chi connectivity index (χ3n) is 5.15. The van der Waals surface area contributed by atoms with E-state index in [2.05, 4.69) is 21.2 Å². The molecule has 0 saturated carbocycles. The van der Waals surface area contributed by atoms with Crippen LogP contribution in [-0.4, -0.2) is 24.0 Å². The average Bonchev–Trinajstić information content (AvgIpc) is 2.80. The number of thiocarbonyl (C=S) groups is 1. The summed E-state index contributed by atoms with van der Waals surface area (Å²) in [5, 5.41) is 3.09. The van der Waals surface area contributed by atoms with E-state index in [0.29, 0.717) is 28.4 Å². The first-order chi connectivity index (χ1) is 15.9. The summed E-state index contributed by atoms with van der Waals surface area (Å²) in [6.45, 7) is 0. The van der Waals surface area contributed by atoms with Crippen molar-refractivity contribution in [3.05, 3.63) is 98.5 Å². The molecule has 0 spiro atoms. The van der Waals surface area contributed by atoms with Crippen molar-refractivity contribution in [1.29, 1.82) is 0 Å². The number of nitrogens with one attached hydrogen (secondary N) is 1. The first kappa shape index (κ1) is 23.2. The highest BCUT2D eigenvalue weighted by atomic mass is 79.9. The zero-order chi connectivity index (χ0) is 23.5. The third-order valence-corrected chi connectivity index (χ3v) is 6.54. The average molecular weight is 542 g/mol. The molecule has 2 amide bonds. The number of amides is 2. The summed E-state index contributed by atoms with van der Waals surface area (Å²) in [6, 6.07) is 20.2. The SMILES string of the molecule is COc1cc(/C=C2/C(=O)NC(=S)N(c3ccccc3)C2=O)cc(Cl)c1Cc1ccccc1Br. The van der Waals surface area contributed by atoms with Crippen LogP contribution >= 0.6 is 39.7 Å². The quantitative estimate of drug-likeness (QED) is 0.262. The van der Waals surface area contributed by atoms with Gasteiger partial charge in [-0.25, -0.2) is 0 Å². The summed E-state index contributed by atoms with van der Waals surface area (Å²) in [7, 11) is 1.56. The number of rotatable bonds is 5. The van der Waals surface area contributed by atoms with Gasteiger partial charge in [-0.1, -0.05) is 63.9 Å². The van der Waals surface area contributed by atoms with Gasteiger partial charge in [0.2, 0.25) is 0 Å². The highest BCUT2D eigenvalue weighted by Crippen LogP contribution is 2.33. The van der Waals surface area contributed by atoms with Crippen LogP contribution in [0.1, 0.15) is 16.7 Å². The van der Waals surface area contributed by atoms with E-state index >= 15 is 0 Å². The summed E-state index contributed by atoms with van der Waals surface area (Å²) in [5.74, 6) is -0.517. The smallest absolute Gasteiger partial charge is 0.270 e. The van der Waals surface area contributed by atoms with E-state index in [1.807, 2.05) is 30.3 Å². The van der Waals surface area contributed by atoms with Crippen molar-refractivity contribution >= 4 is 68.4 Å². The van der Waals surface area contributed by atoms with Gasteiger partial charge in [-0.15, -0.1) is 0 Å². The number of nitrogens with zero attached hydrogens (tertiary/aromatic N) is 1. The molecule has 1 fully saturated rings. The monoisotopic (exact) mass is 540 g/mol. The van der Waals surface area contributed by atoms with Crippen LogP contribution in [-0.2, 0) is 16.0 Å². The van der Waals surface area contributed by atoms with Gasteiger partial charge in [-0.2, -0.15) is 0 Å². The van der Waals surface area contributed by atoms with Crippen molar-refractivity contribution in [1.82, 2.24) is 5.32 Å². The second-order valence-electron chi connectivity index (χ2n) is 7.25. The molecule has 166 valence electrons. The molecule has 1 aliphatic heterocycles. The predicted octanol–water partition coefficient (Wildman–Crippen LogP) is 5.53. The number of hydrogen-bond acceptors (Lipinski definition) is 4. The van der Waals surface area contributed by atoms with Gasteiger partial charge in [-0.05, 0) is 59.8 Å². The molecule has 5 nitrogen and oxygen atoms in total. The molecular weight excluding hydrogens is 524 g/mol. The molecule has 33 heavy (non-hydrogen) atoms. The Labute approximate surface area is 210 Å². The number of halogens is 2. The summed E-state index contributed by atoms with van der Waals surface area (Å²) in [6.07, 6.45) is 2.04. The lowest BCUT2D eigenvalue weighted by Crippen LogP contribution is -2.54. The van der Waals surface area contributed by atoms with Gasteiger partial charge in [0.15, 0.2) is 5.11 Å². The molecule has 0 radical (unpaired) electrons. The number of benzene rings is 3. The van der Waals surface area contributed by atoms with E-state index in [9.17, 15) is 9.59 Å². The second-order valence-corrected chi connectivity index (χ2v) is 8.89. The lowest BCUT2D eigenvalue weighted by atomic mass is 10.0. The largest absolute Gasteiger partial charge is 0.496 e. The minimum Gasteiger partial charge on any atom is -0.496 e.